The number of rotatable bonds is 7. The van der Waals surface area contributed by atoms with E-state index in [0.717, 1.165) is 12.0 Å². The summed E-state index contributed by atoms with van der Waals surface area (Å²) in [6.07, 6.45) is 2.02. The number of nitrogens with zero attached hydrogens (tertiary/aromatic N) is 3. The van der Waals surface area contributed by atoms with E-state index in [2.05, 4.69) is 15.6 Å². The van der Waals surface area contributed by atoms with Crippen molar-refractivity contribution in [1.82, 2.24) is 20.3 Å². The Morgan fingerprint density at radius 1 is 1.24 bits per heavy atom. The molecule has 0 saturated heterocycles. The lowest BCUT2D eigenvalue weighted by atomic mass is 10.1. The van der Waals surface area contributed by atoms with E-state index in [4.69, 9.17) is 5.11 Å². The smallest absolute Gasteiger partial charge is 0.309 e. The van der Waals surface area contributed by atoms with Crippen LogP contribution in [0.1, 0.15) is 11.3 Å². The van der Waals surface area contributed by atoms with Crippen LogP contribution >= 0.6 is 0 Å². The molecule has 2 N–H and O–H groups in total. The van der Waals surface area contributed by atoms with Crippen molar-refractivity contribution < 1.29 is 14.7 Å². The molecule has 0 spiro atoms. The predicted octanol–water partition coefficient (Wildman–Crippen LogP) is 0.264. The summed E-state index contributed by atoms with van der Waals surface area (Å²) in [5.41, 5.74) is 1.49. The van der Waals surface area contributed by atoms with Gasteiger partial charge in [0.05, 0.1) is 12.1 Å². The average molecular weight is 288 g/mol. The minimum Gasteiger partial charge on any atom is -0.481 e. The third kappa shape index (κ3) is 5.06. The number of hydrogen-bond donors (Lipinski definition) is 2. The van der Waals surface area contributed by atoms with Gasteiger partial charge in [-0.25, -0.2) is 4.68 Å². The Balaban J connectivity index is 1.74. The molecule has 1 aromatic carbocycles. The highest BCUT2D eigenvalue weighted by Crippen LogP contribution is 1.98. The number of benzene rings is 1. The molecule has 0 atom stereocenters. The van der Waals surface area contributed by atoms with Gasteiger partial charge in [0.2, 0.25) is 5.91 Å². The minimum absolute atomic E-state index is 0.0292. The van der Waals surface area contributed by atoms with E-state index in [0.29, 0.717) is 12.2 Å². The lowest BCUT2D eigenvalue weighted by Gasteiger charge is -2.05. The Bertz CT molecular complexity index is 610. The van der Waals surface area contributed by atoms with Crippen LogP contribution in [-0.4, -0.2) is 38.5 Å². The molecule has 0 aliphatic rings. The number of carbonyl (C=O) groups is 2. The van der Waals surface area contributed by atoms with Gasteiger partial charge in [-0.1, -0.05) is 35.5 Å². The molecule has 2 aromatic rings. The molecule has 0 aliphatic heterocycles. The molecule has 21 heavy (non-hydrogen) atoms. The Kier molecular flexibility index (Phi) is 5.03. The molecule has 0 fully saturated rings. The first-order valence-electron chi connectivity index (χ1n) is 6.55. The van der Waals surface area contributed by atoms with Gasteiger partial charge in [-0.3, -0.25) is 9.59 Å². The Labute approximate surface area is 121 Å². The highest BCUT2D eigenvalue weighted by Gasteiger charge is 2.08. The van der Waals surface area contributed by atoms with E-state index in [-0.39, 0.29) is 18.9 Å². The van der Waals surface area contributed by atoms with Crippen molar-refractivity contribution in [2.45, 2.75) is 19.4 Å². The fraction of sp³-hybridized carbons (Fsp3) is 0.286. The highest BCUT2D eigenvalue weighted by molar-refractivity contribution is 5.75. The lowest BCUT2D eigenvalue weighted by molar-refractivity contribution is -0.136. The fourth-order valence-electron chi connectivity index (χ4n) is 1.85. The van der Waals surface area contributed by atoms with Crippen LogP contribution in [0.5, 0.6) is 0 Å². The van der Waals surface area contributed by atoms with Gasteiger partial charge < -0.3 is 10.4 Å². The lowest BCUT2D eigenvalue weighted by Crippen LogP contribution is -2.29. The summed E-state index contributed by atoms with van der Waals surface area (Å²) in [5.74, 6) is -1.16. The molecule has 0 unspecified atom stereocenters. The van der Waals surface area contributed by atoms with E-state index in [1.807, 2.05) is 30.3 Å². The summed E-state index contributed by atoms with van der Waals surface area (Å²) in [6, 6.07) is 9.86. The molecular weight excluding hydrogens is 272 g/mol. The van der Waals surface area contributed by atoms with Gasteiger partial charge in [0.25, 0.3) is 0 Å². The molecule has 1 amide bonds. The molecule has 0 saturated carbocycles. The van der Waals surface area contributed by atoms with E-state index in [1.165, 1.54) is 10.9 Å². The van der Waals surface area contributed by atoms with Crippen LogP contribution < -0.4 is 5.32 Å². The van der Waals surface area contributed by atoms with Crippen molar-refractivity contribution in [1.29, 1.82) is 0 Å². The van der Waals surface area contributed by atoms with Crippen molar-refractivity contribution in [3.05, 3.63) is 47.8 Å². The molecular formula is C14H16N4O3. The van der Waals surface area contributed by atoms with Crippen LogP contribution in [0, 0.1) is 0 Å². The van der Waals surface area contributed by atoms with E-state index >= 15 is 0 Å². The van der Waals surface area contributed by atoms with Crippen LogP contribution in [0.3, 0.4) is 0 Å². The number of aliphatic carboxylic acids is 1. The number of carbonyl (C=O) groups excluding carboxylic acids is 1. The Hall–Kier alpha value is -2.70. The summed E-state index contributed by atoms with van der Waals surface area (Å²) >= 11 is 0. The predicted molar refractivity (Wildman–Crippen MR) is 74.5 cm³/mol. The fourth-order valence-corrected chi connectivity index (χ4v) is 1.85. The SMILES string of the molecule is O=C(O)Cc1cn(CC(=O)NCCc2ccccc2)nn1. The van der Waals surface area contributed by atoms with E-state index in [9.17, 15) is 9.59 Å². The van der Waals surface area contributed by atoms with E-state index in [1.54, 1.807) is 0 Å². The first-order chi connectivity index (χ1) is 10.1. The minimum atomic E-state index is -0.977. The second kappa shape index (κ2) is 7.18. The molecule has 0 bridgehead atoms. The maximum atomic E-state index is 11.7. The molecule has 1 aromatic heterocycles. The number of carboxylic acids is 1. The number of amides is 1. The number of carboxylic acid groups (broad SMARTS) is 1. The Morgan fingerprint density at radius 2 is 2.00 bits per heavy atom. The zero-order valence-electron chi connectivity index (χ0n) is 11.4. The van der Waals surface area contributed by atoms with Crippen molar-refractivity contribution in [3.8, 4) is 0 Å². The first-order valence-corrected chi connectivity index (χ1v) is 6.55. The van der Waals surface area contributed by atoms with Crippen molar-refractivity contribution >= 4 is 11.9 Å². The topological polar surface area (TPSA) is 97.1 Å². The zero-order chi connectivity index (χ0) is 15.1. The van der Waals surface area contributed by atoms with Gasteiger partial charge >= 0.3 is 5.97 Å². The molecule has 7 heteroatoms. The Morgan fingerprint density at radius 3 is 2.71 bits per heavy atom. The van der Waals surface area contributed by atoms with Crippen LogP contribution in [0.15, 0.2) is 36.5 Å². The summed E-state index contributed by atoms with van der Waals surface area (Å²) in [6.45, 7) is 0.570. The van der Waals surface area contributed by atoms with Gasteiger partial charge in [0, 0.05) is 12.7 Å². The van der Waals surface area contributed by atoms with Crippen LogP contribution in [0.2, 0.25) is 0 Å². The zero-order valence-corrected chi connectivity index (χ0v) is 11.4. The standard InChI is InChI=1S/C14H16N4O3/c19-13(15-7-6-11-4-2-1-3-5-11)10-18-9-12(16-17-18)8-14(20)21/h1-5,9H,6-8,10H2,(H,15,19)(H,20,21). The largest absolute Gasteiger partial charge is 0.481 e. The van der Waals surface area contributed by atoms with Gasteiger partial charge in [0.1, 0.15) is 6.54 Å². The molecule has 2 rings (SSSR count). The third-order valence-electron chi connectivity index (χ3n) is 2.80. The summed E-state index contributed by atoms with van der Waals surface area (Å²) in [4.78, 5) is 22.2. The maximum absolute atomic E-state index is 11.7. The molecule has 0 aliphatic carbocycles. The molecule has 7 nitrogen and oxygen atoms in total. The second-order valence-electron chi connectivity index (χ2n) is 4.56. The first kappa shape index (κ1) is 14.7. The molecule has 110 valence electrons. The van der Waals surface area contributed by atoms with Crippen LogP contribution in [-0.2, 0) is 29.0 Å². The van der Waals surface area contributed by atoms with Crippen LogP contribution in [0.25, 0.3) is 0 Å². The van der Waals surface area contributed by atoms with Gasteiger partial charge in [-0.05, 0) is 12.0 Å². The normalized spacial score (nSPS) is 10.3. The summed E-state index contributed by atoms with van der Waals surface area (Å²) < 4.78 is 1.33. The van der Waals surface area contributed by atoms with Gasteiger partial charge in [-0.2, -0.15) is 0 Å². The monoisotopic (exact) mass is 288 g/mol. The quantitative estimate of drug-likeness (QED) is 0.762. The van der Waals surface area contributed by atoms with Crippen molar-refractivity contribution in [3.63, 3.8) is 0 Å². The maximum Gasteiger partial charge on any atom is 0.309 e. The summed E-state index contributed by atoms with van der Waals surface area (Å²) in [5, 5.41) is 18.8. The second-order valence-corrected chi connectivity index (χ2v) is 4.56. The van der Waals surface area contributed by atoms with Crippen LogP contribution in [0.4, 0.5) is 0 Å². The molecule has 1 heterocycles. The van der Waals surface area contributed by atoms with Crippen molar-refractivity contribution in [2.75, 3.05) is 6.54 Å². The number of nitrogens with one attached hydrogen (secondary N) is 1. The van der Waals surface area contributed by atoms with Gasteiger partial charge in [0.15, 0.2) is 0 Å². The summed E-state index contributed by atoms with van der Waals surface area (Å²) in [7, 11) is 0. The highest BCUT2D eigenvalue weighted by atomic mass is 16.4. The number of hydrogen-bond acceptors (Lipinski definition) is 4. The van der Waals surface area contributed by atoms with E-state index < -0.39 is 5.97 Å². The molecule has 0 radical (unpaired) electrons. The average Bonchev–Trinajstić information content (AvgIpc) is 2.86. The van der Waals surface area contributed by atoms with Crippen molar-refractivity contribution in [2.24, 2.45) is 0 Å². The third-order valence-corrected chi connectivity index (χ3v) is 2.80. The number of aromatic nitrogens is 3. The van der Waals surface area contributed by atoms with Gasteiger partial charge in [-0.15, -0.1) is 5.10 Å².